The molecule has 1 atom stereocenters. The van der Waals surface area contributed by atoms with Crippen LogP contribution in [-0.4, -0.2) is 5.51 Å². The van der Waals surface area contributed by atoms with Gasteiger partial charge in [-0.25, -0.2) is 0 Å². The third-order valence-corrected chi connectivity index (χ3v) is 3.74. The minimum absolute atomic E-state index is 0.126. The predicted octanol–water partition coefficient (Wildman–Crippen LogP) is 5.63. The molecule has 0 N–H and O–H groups in total. The van der Waals surface area contributed by atoms with Crippen LogP contribution >= 0.6 is 23.4 Å². The van der Waals surface area contributed by atoms with E-state index in [1.165, 1.54) is 12.1 Å². The number of thioether (sulfide) groups is 1. The number of halogens is 4. The first-order valence-electron chi connectivity index (χ1n) is 5.50. The summed E-state index contributed by atoms with van der Waals surface area (Å²) in [5.74, 6) is 0. The van der Waals surface area contributed by atoms with Crippen LogP contribution in [0, 0.1) is 0 Å². The molecule has 0 bridgehead atoms. The Morgan fingerprint density at radius 1 is 0.842 bits per heavy atom. The van der Waals surface area contributed by atoms with Crippen LogP contribution in [0.1, 0.15) is 16.5 Å². The maximum Gasteiger partial charge on any atom is 0.446 e. The molecule has 0 aromatic heterocycles. The van der Waals surface area contributed by atoms with Gasteiger partial charge in [0.2, 0.25) is 0 Å². The molecule has 0 amide bonds. The summed E-state index contributed by atoms with van der Waals surface area (Å²) in [6.07, 6.45) is 0. The van der Waals surface area contributed by atoms with Crippen molar-refractivity contribution in [2.45, 2.75) is 15.8 Å². The van der Waals surface area contributed by atoms with Gasteiger partial charge >= 0.3 is 5.51 Å². The van der Waals surface area contributed by atoms with E-state index in [0.29, 0.717) is 0 Å². The smallest absolute Gasteiger partial charge is 0.160 e. The maximum atomic E-state index is 12.2. The van der Waals surface area contributed by atoms with Crippen LogP contribution in [0.2, 0.25) is 0 Å². The van der Waals surface area contributed by atoms with Crippen molar-refractivity contribution in [2.24, 2.45) is 0 Å². The number of rotatable bonds is 3. The van der Waals surface area contributed by atoms with Crippen LogP contribution in [0.25, 0.3) is 0 Å². The molecule has 0 saturated carbocycles. The molecule has 19 heavy (non-hydrogen) atoms. The maximum absolute atomic E-state index is 12.2. The van der Waals surface area contributed by atoms with Gasteiger partial charge in [-0.2, -0.15) is 13.2 Å². The highest BCUT2D eigenvalue weighted by atomic mass is 35.5. The molecule has 5 heteroatoms. The van der Waals surface area contributed by atoms with Gasteiger partial charge < -0.3 is 0 Å². The molecule has 1 unspecified atom stereocenters. The van der Waals surface area contributed by atoms with Crippen molar-refractivity contribution in [1.29, 1.82) is 0 Å². The van der Waals surface area contributed by atoms with E-state index in [1.54, 1.807) is 12.1 Å². The fourth-order valence-electron chi connectivity index (χ4n) is 1.65. The zero-order valence-corrected chi connectivity index (χ0v) is 11.3. The molecule has 0 heterocycles. The van der Waals surface area contributed by atoms with Gasteiger partial charge in [-0.05, 0) is 35.0 Å². The van der Waals surface area contributed by atoms with Crippen LogP contribution in [-0.2, 0) is 0 Å². The molecule has 2 aromatic carbocycles. The molecule has 0 radical (unpaired) electrons. The molecule has 2 rings (SSSR count). The van der Waals surface area contributed by atoms with Gasteiger partial charge in [-0.1, -0.05) is 42.5 Å². The van der Waals surface area contributed by atoms with Crippen molar-refractivity contribution in [3.8, 4) is 0 Å². The first-order chi connectivity index (χ1) is 8.96. The molecule has 0 aliphatic rings. The molecule has 0 saturated heterocycles. The van der Waals surface area contributed by atoms with E-state index in [1.807, 2.05) is 30.3 Å². The van der Waals surface area contributed by atoms with Crippen molar-refractivity contribution < 1.29 is 13.2 Å². The Morgan fingerprint density at radius 3 is 1.89 bits per heavy atom. The summed E-state index contributed by atoms with van der Waals surface area (Å²) in [7, 11) is 0. The summed E-state index contributed by atoms with van der Waals surface area (Å²) in [5.41, 5.74) is -2.57. The molecule has 2 aromatic rings. The summed E-state index contributed by atoms with van der Waals surface area (Å²) >= 11 is 6.16. The second-order valence-corrected chi connectivity index (χ2v) is 5.46. The van der Waals surface area contributed by atoms with E-state index in [9.17, 15) is 13.2 Å². The monoisotopic (exact) mass is 302 g/mol. The Hall–Kier alpha value is -1.13. The van der Waals surface area contributed by atoms with Gasteiger partial charge in [0.05, 0.1) is 5.38 Å². The third kappa shape index (κ3) is 4.18. The molecule has 100 valence electrons. The highest BCUT2D eigenvalue weighted by molar-refractivity contribution is 8.00. The average Bonchev–Trinajstić information content (AvgIpc) is 2.38. The second kappa shape index (κ2) is 5.88. The van der Waals surface area contributed by atoms with Gasteiger partial charge in [0, 0.05) is 4.90 Å². The van der Waals surface area contributed by atoms with Crippen LogP contribution < -0.4 is 0 Å². The zero-order valence-electron chi connectivity index (χ0n) is 9.69. The predicted molar refractivity (Wildman–Crippen MR) is 72.5 cm³/mol. The Morgan fingerprint density at radius 2 is 1.37 bits per heavy atom. The second-order valence-electron chi connectivity index (χ2n) is 3.89. The van der Waals surface area contributed by atoms with E-state index in [4.69, 9.17) is 11.6 Å². The standard InChI is InChI=1S/C14H10ClF3S/c15-13(10-4-2-1-3-5-10)11-6-8-12(9-7-11)19-14(16,17)18/h1-9,13H. The zero-order chi connectivity index (χ0) is 13.9. The molecular formula is C14H10ClF3S. The summed E-state index contributed by atoms with van der Waals surface area (Å²) < 4.78 is 36.6. The van der Waals surface area contributed by atoms with Crippen LogP contribution in [0.4, 0.5) is 13.2 Å². The lowest BCUT2D eigenvalue weighted by molar-refractivity contribution is -0.0328. The van der Waals surface area contributed by atoms with Gasteiger partial charge in [0.15, 0.2) is 0 Å². The lowest BCUT2D eigenvalue weighted by Crippen LogP contribution is -1.99. The number of hydrogen-bond acceptors (Lipinski definition) is 1. The Kier molecular flexibility index (Phi) is 4.42. The minimum Gasteiger partial charge on any atom is -0.160 e. The summed E-state index contributed by atoms with van der Waals surface area (Å²) in [5, 5.41) is -0.355. The van der Waals surface area contributed by atoms with Crippen LogP contribution in [0.3, 0.4) is 0 Å². The van der Waals surface area contributed by atoms with Crippen molar-refractivity contribution in [3.05, 3.63) is 65.7 Å². The highest BCUT2D eigenvalue weighted by Crippen LogP contribution is 2.37. The van der Waals surface area contributed by atoms with Crippen molar-refractivity contribution in [2.75, 3.05) is 0 Å². The molecule has 0 fully saturated rings. The number of hydrogen-bond donors (Lipinski definition) is 0. The molecule has 0 nitrogen and oxygen atoms in total. The number of benzene rings is 2. The quantitative estimate of drug-likeness (QED) is 0.523. The fraction of sp³-hybridized carbons (Fsp3) is 0.143. The van der Waals surface area contributed by atoms with E-state index < -0.39 is 5.51 Å². The van der Waals surface area contributed by atoms with Crippen LogP contribution in [0.5, 0.6) is 0 Å². The Labute approximate surface area is 118 Å². The minimum atomic E-state index is -4.26. The Bertz CT molecular complexity index is 523. The van der Waals surface area contributed by atoms with E-state index in [0.717, 1.165) is 11.1 Å². The summed E-state index contributed by atoms with van der Waals surface area (Å²) in [4.78, 5) is 0.160. The fourth-order valence-corrected chi connectivity index (χ4v) is 2.48. The van der Waals surface area contributed by atoms with Gasteiger partial charge in [-0.15, -0.1) is 11.6 Å². The van der Waals surface area contributed by atoms with Crippen molar-refractivity contribution in [3.63, 3.8) is 0 Å². The lowest BCUT2D eigenvalue weighted by atomic mass is 10.0. The summed E-state index contributed by atoms with van der Waals surface area (Å²) in [6.45, 7) is 0. The molecular weight excluding hydrogens is 293 g/mol. The molecule has 0 aliphatic heterocycles. The van der Waals surface area contributed by atoms with Crippen molar-refractivity contribution >= 4 is 23.4 Å². The first kappa shape index (κ1) is 14.3. The molecule has 0 spiro atoms. The van der Waals surface area contributed by atoms with E-state index in [-0.39, 0.29) is 22.0 Å². The average molecular weight is 303 g/mol. The lowest BCUT2D eigenvalue weighted by Gasteiger charge is -2.11. The van der Waals surface area contributed by atoms with Crippen molar-refractivity contribution in [1.82, 2.24) is 0 Å². The van der Waals surface area contributed by atoms with E-state index in [2.05, 4.69) is 0 Å². The SMILES string of the molecule is FC(F)(F)Sc1ccc(C(Cl)c2ccccc2)cc1. The largest absolute Gasteiger partial charge is 0.446 e. The third-order valence-electron chi connectivity index (χ3n) is 2.50. The first-order valence-corrected chi connectivity index (χ1v) is 6.76. The van der Waals surface area contributed by atoms with Crippen LogP contribution in [0.15, 0.2) is 59.5 Å². The van der Waals surface area contributed by atoms with Gasteiger partial charge in [-0.3, -0.25) is 0 Å². The van der Waals surface area contributed by atoms with Gasteiger partial charge in [0.1, 0.15) is 0 Å². The Balaban J connectivity index is 2.15. The number of alkyl halides is 4. The normalized spacial score (nSPS) is 13.3. The van der Waals surface area contributed by atoms with Gasteiger partial charge in [0.25, 0.3) is 0 Å². The topological polar surface area (TPSA) is 0 Å². The molecule has 0 aliphatic carbocycles. The highest BCUT2D eigenvalue weighted by Gasteiger charge is 2.29. The summed E-state index contributed by atoms with van der Waals surface area (Å²) in [6, 6.07) is 15.5. The van der Waals surface area contributed by atoms with E-state index >= 15 is 0 Å².